The van der Waals surface area contributed by atoms with Crippen LogP contribution in [-0.2, 0) is 29.0 Å². The van der Waals surface area contributed by atoms with Gasteiger partial charge in [0, 0.05) is 29.6 Å². The summed E-state index contributed by atoms with van der Waals surface area (Å²) < 4.78 is 0. The Hall–Kier alpha value is -2.04. The molecule has 168 valence electrons. The van der Waals surface area contributed by atoms with Crippen molar-refractivity contribution in [1.29, 1.82) is 0 Å². The molecule has 2 amide bonds. The molecule has 2 aromatic rings. The number of nitrogens with zero attached hydrogens (tertiary/aromatic N) is 1. The Labute approximate surface area is 195 Å². The van der Waals surface area contributed by atoms with Crippen LogP contribution in [0.2, 0.25) is 10.0 Å². The van der Waals surface area contributed by atoms with Crippen LogP contribution in [0.4, 0.5) is 0 Å². The van der Waals surface area contributed by atoms with E-state index in [2.05, 4.69) is 36.5 Å². The zero-order valence-electron chi connectivity index (χ0n) is 18.8. The lowest BCUT2D eigenvalue weighted by molar-refractivity contribution is -0.140. The second kappa shape index (κ2) is 12.1. The van der Waals surface area contributed by atoms with Gasteiger partial charge in [-0.1, -0.05) is 74.3 Å². The van der Waals surface area contributed by atoms with Gasteiger partial charge in [-0.2, -0.15) is 0 Å². The van der Waals surface area contributed by atoms with Gasteiger partial charge < -0.3 is 10.2 Å². The van der Waals surface area contributed by atoms with Crippen molar-refractivity contribution in [2.75, 3.05) is 6.54 Å². The Balaban J connectivity index is 2.15. The number of aryl methyl sites for hydroxylation is 2. The SMILES string of the molecule is CCc1ccc(CCC(=O)N(Cc2ccc(Cl)cc2Cl)[C@@H](C)C(=O)NCC(C)C)cc1. The third kappa shape index (κ3) is 7.86. The molecular formula is C25H32Cl2N2O2. The summed E-state index contributed by atoms with van der Waals surface area (Å²) in [6.45, 7) is 8.75. The van der Waals surface area contributed by atoms with Gasteiger partial charge in [-0.05, 0) is 54.5 Å². The number of halogens is 2. The largest absolute Gasteiger partial charge is 0.354 e. The highest BCUT2D eigenvalue weighted by Gasteiger charge is 2.26. The van der Waals surface area contributed by atoms with Crippen molar-refractivity contribution in [3.63, 3.8) is 0 Å². The van der Waals surface area contributed by atoms with Gasteiger partial charge in [-0.25, -0.2) is 0 Å². The highest BCUT2D eigenvalue weighted by Crippen LogP contribution is 2.23. The van der Waals surface area contributed by atoms with E-state index in [1.165, 1.54) is 5.56 Å². The van der Waals surface area contributed by atoms with Crippen molar-refractivity contribution in [1.82, 2.24) is 10.2 Å². The number of hydrogen-bond donors (Lipinski definition) is 1. The van der Waals surface area contributed by atoms with Crippen molar-refractivity contribution in [3.05, 3.63) is 69.2 Å². The fraction of sp³-hybridized carbons (Fsp3) is 0.440. The van der Waals surface area contributed by atoms with Crippen LogP contribution in [-0.4, -0.2) is 29.3 Å². The Morgan fingerprint density at radius 1 is 1.00 bits per heavy atom. The maximum atomic E-state index is 13.2. The zero-order chi connectivity index (χ0) is 23.0. The van der Waals surface area contributed by atoms with Gasteiger partial charge in [0.25, 0.3) is 0 Å². The van der Waals surface area contributed by atoms with Crippen molar-refractivity contribution < 1.29 is 9.59 Å². The molecule has 4 nitrogen and oxygen atoms in total. The van der Waals surface area contributed by atoms with E-state index in [1.807, 2.05) is 13.8 Å². The summed E-state index contributed by atoms with van der Waals surface area (Å²) in [6.07, 6.45) is 1.92. The first-order valence-corrected chi connectivity index (χ1v) is 11.6. The van der Waals surface area contributed by atoms with E-state index in [-0.39, 0.29) is 18.4 Å². The monoisotopic (exact) mass is 462 g/mol. The van der Waals surface area contributed by atoms with E-state index in [4.69, 9.17) is 23.2 Å². The Kier molecular flexibility index (Phi) is 9.86. The molecule has 0 spiro atoms. The van der Waals surface area contributed by atoms with Gasteiger partial charge in [0.05, 0.1) is 0 Å². The molecule has 6 heteroatoms. The van der Waals surface area contributed by atoms with Crippen molar-refractivity contribution >= 4 is 35.0 Å². The van der Waals surface area contributed by atoms with Gasteiger partial charge in [0.2, 0.25) is 11.8 Å². The average molecular weight is 463 g/mol. The summed E-state index contributed by atoms with van der Waals surface area (Å²) in [6, 6.07) is 12.9. The molecule has 1 N–H and O–H groups in total. The van der Waals surface area contributed by atoms with Crippen molar-refractivity contribution in [2.24, 2.45) is 5.92 Å². The van der Waals surface area contributed by atoms with Crippen molar-refractivity contribution in [3.8, 4) is 0 Å². The summed E-state index contributed by atoms with van der Waals surface area (Å²) in [5.74, 6) is 0.0781. The number of amides is 2. The summed E-state index contributed by atoms with van der Waals surface area (Å²) in [4.78, 5) is 27.5. The Bertz CT molecular complexity index is 882. The second-order valence-corrected chi connectivity index (χ2v) is 9.09. The van der Waals surface area contributed by atoms with Gasteiger partial charge >= 0.3 is 0 Å². The molecule has 0 unspecified atom stereocenters. The van der Waals surface area contributed by atoms with Crippen LogP contribution < -0.4 is 5.32 Å². The molecule has 2 aromatic carbocycles. The lowest BCUT2D eigenvalue weighted by atomic mass is 10.0. The van der Waals surface area contributed by atoms with Gasteiger partial charge in [0.15, 0.2) is 0 Å². The summed E-state index contributed by atoms with van der Waals surface area (Å²) in [5.41, 5.74) is 3.13. The molecule has 0 aliphatic heterocycles. The fourth-order valence-electron chi connectivity index (χ4n) is 3.20. The standard InChI is InChI=1S/C25H32Cl2N2O2/c1-5-19-6-8-20(9-7-19)10-13-24(30)29(18(4)25(31)28-15-17(2)3)16-21-11-12-22(26)14-23(21)27/h6-9,11-12,14,17-18H,5,10,13,15-16H2,1-4H3,(H,28,31)/t18-/m0/s1. The molecule has 0 saturated carbocycles. The highest BCUT2D eigenvalue weighted by atomic mass is 35.5. The lowest BCUT2D eigenvalue weighted by Gasteiger charge is -2.29. The zero-order valence-corrected chi connectivity index (χ0v) is 20.3. The molecule has 0 radical (unpaired) electrons. The quantitative estimate of drug-likeness (QED) is 0.493. The van der Waals surface area contributed by atoms with E-state index in [1.54, 1.807) is 30.0 Å². The minimum absolute atomic E-state index is 0.0854. The minimum Gasteiger partial charge on any atom is -0.354 e. The van der Waals surface area contributed by atoms with Crippen LogP contribution >= 0.6 is 23.2 Å². The Morgan fingerprint density at radius 3 is 2.23 bits per heavy atom. The maximum absolute atomic E-state index is 13.2. The van der Waals surface area contributed by atoms with Crippen LogP contribution in [0.15, 0.2) is 42.5 Å². The summed E-state index contributed by atoms with van der Waals surface area (Å²) in [5, 5.41) is 3.94. The summed E-state index contributed by atoms with van der Waals surface area (Å²) >= 11 is 12.4. The van der Waals surface area contributed by atoms with Crippen LogP contribution in [0.1, 0.15) is 50.8 Å². The molecule has 0 heterocycles. The van der Waals surface area contributed by atoms with E-state index in [9.17, 15) is 9.59 Å². The number of benzene rings is 2. The smallest absolute Gasteiger partial charge is 0.242 e. The van der Waals surface area contributed by atoms with Crippen LogP contribution in [0.5, 0.6) is 0 Å². The average Bonchev–Trinajstić information content (AvgIpc) is 2.75. The normalized spacial score (nSPS) is 12.0. The van der Waals surface area contributed by atoms with Gasteiger partial charge in [-0.3, -0.25) is 9.59 Å². The van der Waals surface area contributed by atoms with E-state index >= 15 is 0 Å². The van der Waals surface area contributed by atoms with Crippen LogP contribution in [0.25, 0.3) is 0 Å². The minimum atomic E-state index is -0.611. The molecule has 0 aliphatic carbocycles. The first-order chi connectivity index (χ1) is 14.7. The van der Waals surface area contributed by atoms with Crippen LogP contribution in [0, 0.1) is 5.92 Å². The predicted octanol–water partition coefficient (Wildman–Crippen LogP) is 5.68. The molecule has 0 aliphatic rings. The molecule has 2 rings (SSSR count). The van der Waals surface area contributed by atoms with Gasteiger partial charge in [-0.15, -0.1) is 0 Å². The molecule has 0 aromatic heterocycles. The molecule has 1 atom stereocenters. The number of carbonyl (C=O) groups is 2. The molecular weight excluding hydrogens is 431 g/mol. The molecule has 31 heavy (non-hydrogen) atoms. The number of nitrogens with one attached hydrogen (secondary N) is 1. The maximum Gasteiger partial charge on any atom is 0.242 e. The third-order valence-corrected chi connectivity index (χ3v) is 5.85. The number of rotatable bonds is 10. The highest BCUT2D eigenvalue weighted by molar-refractivity contribution is 6.35. The molecule has 0 bridgehead atoms. The first kappa shape index (κ1) is 25.2. The first-order valence-electron chi connectivity index (χ1n) is 10.8. The van der Waals surface area contributed by atoms with E-state index in [0.717, 1.165) is 17.5 Å². The Morgan fingerprint density at radius 2 is 1.65 bits per heavy atom. The predicted molar refractivity (Wildman–Crippen MR) is 128 cm³/mol. The number of hydrogen-bond acceptors (Lipinski definition) is 2. The fourth-order valence-corrected chi connectivity index (χ4v) is 3.67. The third-order valence-electron chi connectivity index (χ3n) is 5.27. The molecule has 0 fully saturated rings. The van der Waals surface area contributed by atoms with Crippen molar-refractivity contribution in [2.45, 2.75) is 59.5 Å². The summed E-state index contributed by atoms with van der Waals surface area (Å²) in [7, 11) is 0. The lowest BCUT2D eigenvalue weighted by Crippen LogP contribution is -2.48. The van der Waals surface area contributed by atoms with Crippen LogP contribution in [0.3, 0.4) is 0 Å². The van der Waals surface area contributed by atoms with E-state index in [0.29, 0.717) is 35.3 Å². The number of carbonyl (C=O) groups excluding carboxylic acids is 2. The molecule has 0 saturated heterocycles. The topological polar surface area (TPSA) is 49.4 Å². The second-order valence-electron chi connectivity index (χ2n) is 8.24. The van der Waals surface area contributed by atoms with E-state index < -0.39 is 6.04 Å². The van der Waals surface area contributed by atoms with Gasteiger partial charge in [0.1, 0.15) is 6.04 Å².